The highest BCUT2D eigenvalue weighted by molar-refractivity contribution is 5.86. The Bertz CT molecular complexity index is 557. The fraction of sp³-hybridized carbons (Fsp3) is 0.308. The molecule has 2 rings (SSSR count). The van der Waals surface area contributed by atoms with Crippen LogP contribution in [0.5, 0.6) is 5.88 Å². The van der Waals surface area contributed by atoms with Crippen molar-refractivity contribution in [3.05, 3.63) is 40.7 Å². The van der Waals surface area contributed by atoms with Gasteiger partial charge in [-0.3, -0.25) is 9.36 Å². The number of aromatic hydroxyl groups is 1. The number of aromatic nitrogens is 1. The van der Waals surface area contributed by atoms with Crippen LogP contribution in [0.15, 0.2) is 35.1 Å². The first-order valence-corrected chi connectivity index (χ1v) is 5.55. The molecule has 1 N–H and O–H groups in total. The highest BCUT2D eigenvalue weighted by Gasteiger charge is 2.07. The third-order valence-corrected chi connectivity index (χ3v) is 2.74. The number of fused-ring (bicyclic) bond motifs is 1. The quantitative estimate of drug-likeness (QED) is 0.858. The van der Waals surface area contributed by atoms with E-state index in [4.69, 9.17) is 0 Å². The standard InChI is InChI=1S/C13H15NO2/c1-2-3-8-14-12(15)9-10-6-4-5-7-11(10)13(14)16/h4-7,9,16H,2-3,8H2,1H3. The van der Waals surface area contributed by atoms with E-state index in [1.54, 1.807) is 6.07 Å². The molecule has 84 valence electrons. The van der Waals surface area contributed by atoms with Crippen LogP contribution in [0.2, 0.25) is 0 Å². The molecule has 0 aliphatic rings. The molecule has 16 heavy (non-hydrogen) atoms. The number of unbranched alkanes of at least 4 members (excludes halogenated alkanes) is 1. The summed E-state index contributed by atoms with van der Waals surface area (Å²) in [4.78, 5) is 11.8. The molecule has 0 unspecified atom stereocenters. The minimum atomic E-state index is -0.135. The summed E-state index contributed by atoms with van der Waals surface area (Å²) in [7, 11) is 0. The lowest BCUT2D eigenvalue weighted by Crippen LogP contribution is -2.19. The van der Waals surface area contributed by atoms with Crippen molar-refractivity contribution in [1.82, 2.24) is 4.57 Å². The van der Waals surface area contributed by atoms with Gasteiger partial charge in [-0.15, -0.1) is 0 Å². The summed E-state index contributed by atoms with van der Waals surface area (Å²) in [5.74, 6) is 0.0801. The van der Waals surface area contributed by atoms with Crippen molar-refractivity contribution in [2.24, 2.45) is 0 Å². The molecular formula is C13H15NO2. The molecule has 0 fully saturated rings. The minimum absolute atomic E-state index is 0.0801. The highest BCUT2D eigenvalue weighted by Crippen LogP contribution is 2.22. The first-order valence-electron chi connectivity index (χ1n) is 5.55. The average molecular weight is 217 g/mol. The molecule has 1 aromatic heterocycles. The zero-order valence-corrected chi connectivity index (χ0v) is 9.31. The molecule has 0 saturated heterocycles. The Morgan fingerprint density at radius 1 is 1.31 bits per heavy atom. The highest BCUT2D eigenvalue weighted by atomic mass is 16.3. The smallest absolute Gasteiger partial charge is 0.253 e. The summed E-state index contributed by atoms with van der Waals surface area (Å²) in [5, 5.41) is 11.5. The zero-order chi connectivity index (χ0) is 11.5. The first kappa shape index (κ1) is 10.7. The predicted octanol–water partition coefficient (Wildman–Crippen LogP) is 2.51. The average Bonchev–Trinajstić information content (AvgIpc) is 2.29. The van der Waals surface area contributed by atoms with Gasteiger partial charge in [0.05, 0.1) is 0 Å². The van der Waals surface area contributed by atoms with Crippen molar-refractivity contribution in [3.63, 3.8) is 0 Å². The van der Waals surface area contributed by atoms with E-state index in [-0.39, 0.29) is 11.4 Å². The number of rotatable bonds is 3. The van der Waals surface area contributed by atoms with Crippen LogP contribution in [-0.4, -0.2) is 9.67 Å². The molecule has 1 aromatic carbocycles. The van der Waals surface area contributed by atoms with Crippen LogP contribution in [0, 0.1) is 0 Å². The molecule has 0 spiro atoms. The van der Waals surface area contributed by atoms with Gasteiger partial charge < -0.3 is 5.11 Å². The molecule has 0 amide bonds. The number of hydrogen-bond donors (Lipinski definition) is 1. The molecule has 3 heteroatoms. The van der Waals surface area contributed by atoms with Crippen molar-refractivity contribution >= 4 is 10.8 Å². The van der Waals surface area contributed by atoms with Crippen LogP contribution in [0.25, 0.3) is 10.8 Å². The van der Waals surface area contributed by atoms with Crippen molar-refractivity contribution < 1.29 is 5.11 Å². The summed E-state index contributed by atoms with van der Waals surface area (Å²) < 4.78 is 1.44. The van der Waals surface area contributed by atoms with Crippen molar-refractivity contribution in [2.45, 2.75) is 26.3 Å². The summed E-state index contributed by atoms with van der Waals surface area (Å²) in [5.41, 5.74) is -0.135. The van der Waals surface area contributed by atoms with E-state index in [2.05, 4.69) is 6.92 Å². The van der Waals surface area contributed by atoms with Crippen LogP contribution in [0.3, 0.4) is 0 Å². The fourth-order valence-corrected chi connectivity index (χ4v) is 1.82. The molecule has 0 aliphatic heterocycles. The van der Waals surface area contributed by atoms with Gasteiger partial charge in [-0.1, -0.05) is 31.5 Å². The maximum Gasteiger partial charge on any atom is 0.253 e. The Balaban J connectivity index is 2.61. The van der Waals surface area contributed by atoms with Crippen LogP contribution in [-0.2, 0) is 6.54 Å². The van der Waals surface area contributed by atoms with E-state index in [1.807, 2.05) is 24.3 Å². The number of pyridine rings is 1. The van der Waals surface area contributed by atoms with E-state index in [9.17, 15) is 9.90 Å². The SMILES string of the molecule is CCCCn1c(O)c2ccccc2cc1=O. The molecule has 0 atom stereocenters. The van der Waals surface area contributed by atoms with Gasteiger partial charge in [0, 0.05) is 18.0 Å². The van der Waals surface area contributed by atoms with E-state index in [0.717, 1.165) is 23.6 Å². The summed E-state index contributed by atoms with van der Waals surface area (Å²) in [6.07, 6.45) is 1.89. The molecule has 3 nitrogen and oxygen atoms in total. The van der Waals surface area contributed by atoms with Gasteiger partial charge in [0.2, 0.25) is 5.88 Å². The maximum absolute atomic E-state index is 11.8. The lowest BCUT2D eigenvalue weighted by molar-refractivity contribution is 0.408. The second-order valence-corrected chi connectivity index (χ2v) is 3.90. The Hall–Kier alpha value is -1.77. The zero-order valence-electron chi connectivity index (χ0n) is 9.31. The van der Waals surface area contributed by atoms with Crippen LogP contribution < -0.4 is 5.56 Å². The molecular weight excluding hydrogens is 202 g/mol. The minimum Gasteiger partial charge on any atom is -0.494 e. The first-order chi connectivity index (χ1) is 7.74. The summed E-state index contributed by atoms with van der Waals surface area (Å²) >= 11 is 0. The van der Waals surface area contributed by atoms with Crippen molar-refractivity contribution in [1.29, 1.82) is 0 Å². The Morgan fingerprint density at radius 2 is 2.06 bits per heavy atom. The second-order valence-electron chi connectivity index (χ2n) is 3.90. The van der Waals surface area contributed by atoms with Gasteiger partial charge >= 0.3 is 0 Å². The van der Waals surface area contributed by atoms with E-state index in [0.29, 0.717) is 6.54 Å². The van der Waals surface area contributed by atoms with Gasteiger partial charge in [0.25, 0.3) is 5.56 Å². The van der Waals surface area contributed by atoms with Crippen molar-refractivity contribution in [2.75, 3.05) is 0 Å². The Kier molecular flexibility index (Phi) is 2.95. The van der Waals surface area contributed by atoms with Gasteiger partial charge in [-0.25, -0.2) is 0 Å². The third-order valence-electron chi connectivity index (χ3n) is 2.74. The van der Waals surface area contributed by atoms with E-state index < -0.39 is 0 Å². The molecule has 0 bridgehead atoms. The monoisotopic (exact) mass is 217 g/mol. The Morgan fingerprint density at radius 3 is 2.81 bits per heavy atom. The van der Waals surface area contributed by atoms with Gasteiger partial charge in [0.15, 0.2) is 0 Å². The van der Waals surface area contributed by atoms with Gasteiger partial charge in [0.1, 0.15) is 0 Å². The normalized spacial score (nSPS) is 10.8. The van der Waals surface area contributed by atoms with Crippen LogP contribution in [0.4, 0.5) is 0 Å². The molecule has 0 aliphatic carbocycles. The van der Waals surface area contributed by atoms with E-state index in [1.165, 1.54) is 4.57 Å². The summed E-state index contributed by atoms with van der Waals surface area (Å²) in [6, 6.07) is 8.95. The van der Waals surface area contributed by atoms with Crippen LogP contribution in [0.1, 0.15) is 19.8 Å². The molecule has 0 saturated carbocycles. The Labute approximate surface area is 94.0 Å². The number of hydrogen-bond acceptors (Lipinski definition) is 2. The van der Waals surface area contributed by atoms with Gasteiger partial charge in [-0.05, 0) is 17.9 Å². The molecule has 1 heterocycles. The predicted molar refractivity (Wildman–Crippen MR) is 64.8 cm³/mol. The number of nitrogens with zero attached hydrogens (tertiary/aromatic N) is 1. The topological polar surface area (TPSA) is 42.2 Å². The maximum atomic E-state index is 11.8. The van der Waals surface area contributed by atoms with E-state index >= 15 is 0 Å². The molecule has 2 aromatic rings. The van der Waals surface area contributed by atoms with Crippen LogP contribution >= 0.6 is 0 Å². The lowest BCUT2D eigenvalue weighted by atomic mass is 10.1. The summed E-state index contributed by atoms with van der Waals surface area (Å²) in [6.45, 7) is 2.63. The second kappa shape index (κ2) is 4.39. The van der Waals surface area contributed by atoms with Crippen molar-refractivity contribution in [3.8, 4) is 5.88 Å². The van der Waals surface area contributed by atoms with Gasteiger partial charge in [-0.2, -0.15) is 0 Å². The fourth-order valence-electron chi connectivity index (χ4n) is 1.82. The number of benzene rings is 1. The largest absolute Gasteiger partial charge is 0.494 e. The lowest BCUT2D eigenvalue weighted by Gasteiger charge is -2.09. The third kappa shape index (κ3) is 1.81. The molecule has 0 radical (unpaired) electrons.